The highest BCUT2D eigenvalue weighted by molar-refractivity contribution is 7.92. The molecule has 2 aromatic carbocycles. The normalized spacial score (nSPS) is 11.3. The second-order valence-corrected chi connectivity index (χ2v) is 7.52. The van der Waals surface area contributed by atoms with Gasteiger partial charge >= 0.3 is 0 Å². The van der Waals surface area contributed by atoms with Crippen molar-refractivity contribution < 1.29 is 13.2 Å². The summed E-state index contributed by atoms with van der Waals surface area (Å²) >= 11 is 5.87. The second-order valence-electron chi connectivity index (χ2n) is 5.43. The van der Waals surface area contributed by atoms with Crippen molar-refractivity contribution in [2.75, 3.05) is 11.8 Å². The van der Waals surface area contributed by atoms with Crippen molar-refractivity contribution in [3.05, 3.63) is 59.1 Å². The molecule has 0 fully saturated rings. The van der Waals surface area contributed by atoms with Crippen LogP contribution in [0, 0.1) is 6.92 Å². The number of aromatic amines is 1. The summed E-state index contributed by atoms with van der Waals surface area (Å²) < 4.78 is 32.9. The van der Waals surface area contributed by atoms with Gasteiger partial charge in [0.05, 0.1) is 12.8 Å². The summed E-state index contributed by atoms with van der Waals surface area (Å²) in [5.74, 6) is 0.458. The van der Waals surface area contributed by atoms with Crippen LogP contribution in [0.25, 0.3) is 11.3 Å². The lowest BCUT2D eigenvalue weighted by atomic mass is 10.1. The number of aryl methyl sites for hydroxylation is 1. The van der Waals surface area contributed by atoms with E-state index in [9.17, 15) is 8.42 Å². The molecule has 1 aromatic heterocycles. The van der Waals surface area contributed by atoms with Crippen molar-refractivity contribution in [3.8, 4) is 17.0 Å². The Labute approximate surface area is 150 Å². The number of nitrogens with one attached hydrogen (secondary N) is 2. The minimum Gasteiger partial charge on any atom is -0.495 e. The van der Waals surface area contributed by atoms with Gasteiger partial charge in [0.15, 0.2) is 5.82 Å². The highest BCUT2D eigenvalue weighted by Crippen LogP contribution is 2.27. The molecule has 8 heteroatoms. The molecule has 0 amide bonds. The van der Waals surface area contributed by atoms with Gasteiger partial charge in [0, 0.05) is 11.1 Å². The summed E-state index contributed by atoms with van der Waals surface area (Å²) in [5.41, 5.74) is 2.33. The van der Waals surface area contributed by atoms with Gasteiger partial charge in [-0.3, -0.25) is 9.82 Å². The van der Waals surface area contributed by atoms with Gasteiger partial charge < -0.3 is 4.74 Å². The van der Waals surface area contributed by atoms with Crippen molar-refractivity contribution >= 4 is 27.4 Å². The zero-order valence-corrected chi connectivity index (χ0v) is 15.1. The fraction of sp³-hybridized carbons (Fsp3) is 0.118. The molecular formula is C17H16ClN3O3S. The van der Waals surface area contributed by atoms with Gasteiger partial charge in [-0.1, -0.05) is 29.8 Å². The van der Waals surface area contributed by atoms with Gasteiger partial charge in [-0.25, -0.2) is 8.42 Å². The Kier molecular flexibility index (Phi) is 4.69. The van der Waals surface area contributed by atoms with E-state index in [1.165, 1.54) is 7.11 Å². The van der Waals surface area contributed by atoms with Gasteiger partial charge in [0.1, 0.15) is 10.6 Å². The highest BCUT2D eigenvalue weighted by Gasteiger charge is 2.21. The molecule has 0 saturated carbocycles. The van der Waals surface area contributed by atoms with Crippen LogP contribution in [-0.4, -0.2) is 25.7 Å². The summed E-state index contributed by atoms with van der Waals surface area (Å²) in [6.07, 6.45) is 0. The van der Waals surface area contributed by atoms with Crippen molar-refractivity contribution in [2.45, 2.75) is 11.8 Å². The maximum atomic E-state index is 12.7. The smallest absolute Gasteiger partial charge is 0.266 e. The first-order chi connectivity index (χ1) is 11.9. The number of H-pyrrole nitrogens is 1. The number of methoxy groups -OCH3 is 1. The van der Waals surface area contributed by atoms with Crippen molar-refractivity contribution in [3.63, 3.8) is 0 Å². The summed E-state index contributed by atoms with van der Waals surface area (Å²) in [7, 11) is -2.41. The van der Waals surface area contributed by atoms with E-state index in [-0.39, 0.29) is 16.5 Å². The van der Waals surface area contributed by atoms with Gasteiger partial charge in [-0.05, 0) is 42.3 Å². The highest BCUT2D eigenvalue weighted by atomic mass is 35.5. The van der Waals surface area contributed by atoms with Crippen LogP contribution in [0.3, 0.4) is 0 Å². The molecular weight excluding hydrogens is 362 g/mol. The van der Waals surface area contributed by atoms with Crippen LogP contribution >= 0.6 is 11.6 Å². The van der Waals surface area contributed by atoms with Crippen LogP contribution in [0.5, 0.6) is 5.75 Å². The lowest BCUT2D eigenvalue weighted by Gasteiger charge is -2.10. The predicted molar refractivity (Wildman–Crippen MR) is 97.6 cm³/mol. The van der Waals surface area contributed by atoms with Gasteiger partial charge in [0.25, 0.3) is 10.0 Å². The SMILES string of the molecule is COc1ccc(C)cc1S(=O)(=O)Nc1cc(-c2ccc(Cl)cc2)[nH]n1. The topological polar surface area (TPSA) is 84.1 Å². The summed E-state index contributed by atoms with van der Waals surface area (Å²) in [5, 5.41) is 7.44. The molecule has 0 atom stereocenters. The van der Waals surface area contributed by atoms with Crippen LogP contribution in [0.2, 0.25) is 5.02 Å². The fourth-order valence-corrected chi connectivity index (χ4v) is 3.71. The number of benzene rings is 2. The van der Waals surface area contributed by atoms with Crippen LogP contribution in [0.1, 0.15) is 5.56 Å². The average Bonchev–Trinajstić information content (AvgIpc) is 3.03. The number of hydrogen-bond acceptors (Lipinski definition) is 4. The van der Waals surface area contributed by atoms with Crippen LogP contribution in [-0.2, 0) is 10.0 Å². The molecule has 6 nitrogen and oxygen atoms in total. The van der Waals surface area contributed by atoms with Crippen LogP contribution in [0.4, 0.5) is 5.82 Å². The number of ether oxygens (including phenoxy) is 1. The standard InChI is InChI=1S/C17H16ClN3O3S/c1-11-3-8-15(24-2)16(9-11)25(22,23)21-17-10-14(19-20-17)12-4-6-13(18)7-5-12/h3-10H,1-2H3,(H2,19,20,21). The first-order valence-electron chi connectivity index (χ1n) is 7.38. The number of hydrogen-bond donors (Lipinski definition) is 2. The third-order valence-electron chi connectivity index (χ3n) is 3.58. The summed E-state index contributed by atoms with van der Waals surface area (Å²) in [4.78, 5) is 0.0612. The molecule has 0 aliphatic heterocycles. The Hall–Kier alpha value is -2.51. The van der Waals surface area contributed by atoms with E-state index in [0.717, 1.165) is 11.1 Å². The Bertz CT molecular complexity index is 998. The molecule has 3 aromatic rings. The summed E-state index contributed by atoms with van der Waals surface area (Å²) in [6, 6.07) is 13.7. The van der Waals surface area contributed by atoms with E-state index in [1.54, 1.807) is 36.4 Å². The van der Waals surface area contributed by atoms with E-state index in [1.807, 2.05) is 19.1 Å². The summed E-state index contributed by atoms with van der Waals surface area (Å²) in [6.45, 7) is 1.81. The Morgan fingerprint density at radius 3 is 2.52 bits per heavy atom. The van der Waals surface area contributed by atoms with Gasteiger partial charge in [-0.2, -0.15) is 5.10 Å². The third kappa shape index (κ3) is 3.78. The number of nitrogens with zero attached hydrogens (tertiary/aromatic N) is 1. The molecule has 25 heavy (non-hydrogen) atoms. The molecule has 0 spiro atoms. The third-order valence-corrected chi connectivity index (χ3v) is 5.21. The van der Waals surface area contributed by atoms with Gasteiger partial charge in [-0.15, -0.1) is 0 Å². The van der Waals surface area contributed by atoms with Crippen molar-refractivity contribution in [1.82, 2.24) is 10.2 Å². The zero-order valence-electron chi connectivity index (χ0n) is 13.6. The molecule has 3 rings (SSSR count). The monoisotopic (exact) mass is 377 g/mol. The average molecular weight is 378 g/mol. The largest absolute Gasteiger partial charge is 0.495 e. The number of anilines is 1. The molecule has 0 saturated heterocycles. The Morgan fingerprint density at radius 1 is 1.12 bits per heavy atom. The lowest BCUT2D eigenvalue weighted by molar-refractivity contribution is 0.402. The quantitative estimate of drug-likeness (QED) is 0.707. The van der Waals surface area contributed by atoms with E-state index in [2.05, 4.69) is 14.9 Å². The second kappa shape index (κ2) is 6.78. The minimum absolute atomic E-state index is 0.0612. The molecule has 0 bridgehead atoms. The van der Waals surface area contributed by atoms with Crippen LogP contribution in [0.15, 0.2) is 53.4 Å². The molecule has 0 unspecified atom stereocenters. The van der Waals surface area contributed by atoms with Crippen molar-refractivity contribution in [2.24, 2.45) is 0 Å². The maximum absolute atomic E-state index is 12.7. The number of aromatic nitrogens is 2. The van der Waals surface area contributed by atoms with Gasteiger partial charge in [0.2, 0.25) is 0 Å². The number of sulfonamides is 1. The molecule has 1 heterocycles. The fourth-order valence-electron chi connectivity index (χ4n) is 2.34. The minimum atomic E-state index is -3.83. The van der Waals surface area contributed by atoms with E-state index in [4.69, 9.17) is 16.3 Å². The molecule has 0 radical (unpaired) electrons. The Balaban J connectivity index is 1.90. The molecule has 2 N–H and O–H groups in total. The van der Waals surface area contributed by atoms with Crippen LogP contribution < -0.4 is 9.46 Å². The van der Waals surface area contributed by atoms with Crippen molar-refractivity contribution in [1.29, 1.82) is 0 Å². The van der Waals surface area contributed by atoms with E-state index >= 15 is 0 Å². The van der Waals surface area contributed by atoms with E-state index in [0.29, 0.717) is 10.7 Å². The molecule has 130 valence electrons. The first-order valence-corrected chi connectivity index (χ1v) is 9.24. The van der Waals surface area contributed by atoms with E-state index < -0.39 is 10.0 Å². The molecule has 0 aliphatic carbocycles. The number of rotatable bonds is 5. The Morgan fingerprint density at radius 2 is 1.84 bits per heavy atom. The lowest BCUT2D eigenvalue weighted by Crippen LogP contribution is -2.14. The number of halogens is 1. The molecule has 0 aliphatic rings. The predicted octanol–water partition coefficient (Wildman–Crippen LogP) is 3.85. The first kappa shape index (κ1) is 17.3. The maximum Gasteiger partial charge on any atom is 0.266 e. The zero-order chi connectivity index (χ0) is 18.0.